The van der Waals surface area contributed by atoms with Gasteiger partial charge in [-0.15, -0.1) is 0 Å². The van der Waals surface area contributed by atoms with Crippen molar-refractivity contribution < 1.29 is 14.3 Å². The summed E-state index contributed by atoms with van der Waals surface area (Å²) < 4.78 is 12.4. The van der Waals surface area contributed by atoms with E-state index < -0.39 is 0 Å². The van der Waals surface area contributed by atoms with E-state index in [9.17, 15) is 4.79 Å². The molecule has 0 radical (unpaired) electrons. The van der Waals surface area contributed by atoms with E-state index in [1.165, 1.54) is 0 Å². The molecular weight excluding hydrogens is 356 g/mol. The quantitative estimate of drug-likeness (QED) is 0.737. The lowest BCUT2D eigenvalue weighted by molar-refractivity contribution is 0.102. The van der Waals surface area contributed by atoms with E-state index in [1.54, 1.807) is 31.0 Å². The number of methoxy groups -OCH3 is 2. The molecule has 2 aromatic carbocycles. The first-order valence-corrected chi connectivity index (χ1v) is 9.29. The fraction of sp³-hybridized carbons (Fsp3) is 0.333. The van der Waals surface area contributed by atoms with E-state index >= 15 is 0 Å². The third kappa shape index (κ3) is 3.41. The predicted octanol–water partition coefficient (Wildman–Crippen LogP) is 3.06. The number of aromatic nitrogens is 2. The molecule has 0 aliphatic carbocycles. The number of rotatable bonds is 5. The molecule has 7 heteroatoms. The van der Waals surface area contributed by atoms with Crippen LogP contribution in [0, 0.1) is 0 Å². The summed E-state index contributed by atoms with van der Waals surface area (Å²) in [6.45, 7) is 1.88. The van der Waals surface area contributed by atoms with Gasteiger partial charge < -0.3 is 19.7 Å². The number of carbonyl (C=O) groups excluding carboxylic acids is 1. The van der Waals surface area contributed by atoms with Crippen LogP contribution < -0.4 is 15.0 Å². The van der Waals surface area contributed by atoms with Crippen LogP contribution in [0.3, 0.4) is 0 Å². The second kappa shape index (κ2) is 7.52. The Hall–Kier alpha value is -3.06. The molecule has 1 aliphatic rings. The lowest BCUT2D eigenvalue weighted by atomic mass is 10.1. The number of carbonyl (C=O) groups is 1. The maximum atomic E-state index is 12.6. The van der Waals surface area contributed by atoms with Gasteiger partial charge >= 0.3 is 0 Å². The van der Waals surface area contributed by atoms with Gasteiger partial charge in [0.1, 0.15) is 0 Å². The van der Waals surface area contributed by atoms with Crippen LogP contribution in [0.1, 0.15) is 16.8 Å². The SMILES string of the molecule is COc1c2ccc(C(=O)Nc3ccc(N4CCC(OC)C4)cc3)cc2nn1C. The lowest BCUT2D eigenvalue weighted by Gasteiger charge is -2.18. The molecular formula is C21H24N4O3. The van der Waals surface area contributed by atoms with Crippen molar-refractivity contribution in [2.45, 2.75) is 12.5 Å². The highest BCUT2D eigenvalue weighted by Crippen LogP contribution is 2.26. The molecule has 1 aliphatic heterocycles. The summed E-state index contributed by atoms with van der Waals surface area (Å²) in [4.78, 5) is 14.9. The number of ether oxygens (including phenoxy) is 2. The topological polar surface area (TPSA) is 68.6 Å². The second-order valence-electron chi connectivity index (χ2n) is 6.96. The van der Waals surface area contributed by atoms with Crippen LogP contribution in [0.15, 0.2) is 42.5 Å². The Labute approximate surface area is 163 Å². The number of nitrogens with zero attached hydrogens (tertiary/aromatic N) is 3. The highest BCUT2D eigenvalue weighted by molar-refractivity contribution is 6.06. The van der Waals surface area contributed by atoms with Gasteiger partial charge in [0.15, 0.2) is 0 Å². The predicted molar refractivity (Wildman–Crippen MR) is 109 cm³/mol. The van der Waals surface area contributed by atoms with Gasteiger partial charge in [0, 0.05) is 44.2 Å². The van der Waals surface area contributed by atoms with Crippen molar-refractivity contribution in [1.29, 1.82) is 0 Å². The Morgan fingerprint density at radius 3 is 2.64 bits per heavy atom. The van der Waals surface area contributed by atoms with Crippen molar-refractivity contribution in [2.75, 3.05) is 37.5 Å². The van der Waals surface area contributed by atoms with Crippen molar-refractivity contribution in [3.8, 4) is 5.88 Å². The Kier molecular flexibility index (Phi) is 4.92. The molecule has 3 aromatic rings. The van der Waals surface area contributed by atoms with Crippen LogP contribution in [0.5, 0.6) is 5.88 Å². The molecule has 0 spiro atoms. The van der Waals surface area contributed by atoms with Gasteiger partial charge in [-0.2, -0.15) is 5.10 Å². The van der Waals surface area contributed by atoms with E-state index in [0.29, 0.717) is 17.5 Å². The summed E-state index contributed by atoms with van der Waals surface area (Å²) in [5.74, 6) is 0.509. The molecule has 0 bridgehead atoms. The number of hydrogen-bond acceptors (Lipinski definition) is 5. The first-order chi connectivity index (χ1) is 13.6. The number of anilines is 2. The van der Waals surface area contributed by atoms with Gasteiger partial charge in [0.25, 0.3) is 5.91 Å². The van der Waals surface area contributed by atoms with Crippen LogP contribution in [0.4, 0.5) is 11.4 Å². The summed E-state index contributed by atoms with van der Waals surface area (Å²) in [6, 6.07) is 13.3. The number of aryl methyl sites for hydroxylation is 1. The smallest absolute Gasteiger partial charge is 0.255 e. The molecule has 1 atom stereocenters. The minimum atomic E-state index is -0.167. The van der Waals surface area contributed by atoms with Crippen molar-refractivity contribution in [1.82, 2.24) is 9.78 Å². The fourth-order valence-electron chi connectivity index (χ4n) is 3.67. The summed E-state index contributed by atoms with van der Waals surface area (Å²) >= 11 is 0. The van der Waals surface area contributed by atoms with Crippen molar-refractivity contribution in [2.24, 2.45) is 7.05 Å². The van der Waals surface area contributed by atoms with Gasteiger partial charge in [-0.1, -0.05) is 0 Å². The van der Waals surface area contributed by atoms with Crippen LogP contribution in [-0.4, -0.2) is 49.1 Å². The normalized spacial score (nSPS) is 16.5. The number of nitrogens with one attached hydrogen (secondary N) is 1. The third-order valence-electron chi connectivity index (χ3n) is 5.20. The van der Waals surface area contributed by atoms with E-state index in [0.717, 1.165) is 41.8 Å². The Balaban J connectivity index is 1.47. The first kappa shape index (κ1) is 18.3. The standard InChI is InChI=1S/C21H24N4O3/c1-24-21(28-3)18-9-4-14(12-19(18)23-24)20(26)22-15-5-7-16(8-6-15)25-11-10-17(13-25)27-2/h4-9,12,17H,10-11,13H2,1-3H3,(H,22,26). The van der Waals surface area contributed by atoms with Crippen LogP contribution in [-0.2, 0) is 11.8 Å². The average Bonchev–Trinajstić information content (AvgIpc) is 3.31. The summed E-state index contributed by atoms with van der Waals surface area (Å²) in [6.07, 6.45) is 1.33. The lowest BCUT2D eigenvalue weighted by Crippen LogP contribution is -2.22. The molecule has 7 nitrogen and oxygen atoms in total. The van der Waals surface area contributed by atoms with Crippen LogP contribution in [0.25, 0.3) is 10.9 Å². The zero-order valence-electron chi connectivity index (χ0n) is 16.3. The second-order valence-corrected chi connectivity index (χ2v) is 6.96. The number of fused-ring (bicyclic) bond motifs is 1. The number of benzene rings is 2. The Morgan fingerprint density at radius 2 is 1.96 bits per heavy atom. The van der Waals surface area contributed by atoms with Gasteiger partial charge in [-0.3, -0.25) is 4.79 Å². The molecule has 1 N–H and O–H groups in total. The highest BCUT2D eigenvalue weighted by atomic mass is 16.5. The minimum absolute atomic E-state index is 0.167. The number of amides is 1. The van der Waals surface area contributed by atoms with E-state index in [-0.39, 0.29) is 5.91 Å². The van der Waals surface area contributed by atoms with E-state index in [2.05, 4.69) is 15.3 Å². The fourth-order valence-corrected chi connectivity index (χ4v) is 3.67. The third-order valence-corrected chi connectivity index (χ3v) is 5.20. The maximum Gasteiger partial charge on any atom is 0.255 e. The van der Waals surface area contributed by atoms with E-state index in [4.69, 9.17) is 9.47 Å². The van der Waals surface area contributed by atoms with E-state index in [1.807, 2.05) is 37.4 Å². The molecule has 1 aromatic heterocycles. The molecule has 1 amide bonds. The van der Waals surface area contributed by atoms with Gasteiger partial charge in [-0.05, 0) is 48.9 Å². The van der Waals surface area contributed by atoms with Crippen LogP contribution in [0.2, 0.25) is 0 Å². The van der Waals surface area contributed by atoms with Crippen molar-refractivity contribution in [3.63, 3.8) is 0 Å². The van der Waals surface area contributed by atoms with Gasteiger partial charge in [-0.25, -0.2) is 4.68 Å². The minimum Gasteiger partial charge on any atom is -0.481 e. The maximum absolute atomic E-state index is 12.6. The molecule has 146 valence electrons. The zero-order chi connectivity index (χ0) is 19.7. The van der Waals surface area contributed by atoms with Gasteiger partial charge in [0.2, 0.25) is 5.88 Å². The molecule has 2 heterocycles. The van der Waals surface area contributed by atoms with Gasteiger partial charge in [0.05, 0.1) is 24.1 Å². The molecule has 1 unspecified atom stereocenters. The Bertz CT molecular complexity index is 997. The zero-order valence-corrected chi connectivity index (χ0v) is 16.3. The monoisotopic (exact) mass is 380 g/mol. The Morgan fingerprint density at radius 1 is 1.18 bits per heavy atom. The highest BCUT2D eigenvalue weighted by Gasteiger charge is 2.22. The van der Waals surface area contributed by atoms with Crippen molar-refractivity contribution >= 4 is 28.2 Å². The molecule has 0 saturated carbocycles. The summed E-state index contributed by atoms with van der Waals surface area (Å²) in [5.41, 5.74) is 3.18. The summed E-state index contributed by atoms with van der Waals surface area (Å²) in [5, 5.41) is 8.23. The summed E-state index contributed by atoms with van der Waals surface area (Å²) in [7, 11) is 5.18. The van der Waals surface area contributed by atoms with Crippen molar-refractivity contribution in [3.05, 3.63) is 48.0 Å². The average molecular weight is 380 g/mol. The van der Waals surface area contributed by atoms with Crippen LogP contribution >= 0.6 is 0 Å². The largest absolute Gasteiger partial charge is 0.481 e. The molecule has 1 saturated heterocycles. The molecule has 4 rings (SSSR count). The number of hydrogen-bond donors (Lipinski definition) is 1. The molecule has 28 heavy (non-hydrogen) atoms. The first-order valence-electron chi connectivity index (χ1n) is 9.29. The molecule has 1 fully saturated rings.